The van der Waals surface area contributed by atoms with Gasteiger partial charge in [0, 0.05) is 12.0 Å². The summed E-state index contributed by atoms with van der Waals surface area (Å²) in [5.41, 5.74) is -4.47. The van der Waals surface area contributed by atoms with Crippen molar-refractivity contribution in [1.29, 1.82) is 0 Å². The topological polar surface area (TPSA) is 104 Å². The molecule has 0 aliphatic carbocycles. The SMILES string of the molecule is O=C(O)CCCC(NC(=O)c1cc(C(F)(F)F)cc(C(F)(F)F)c1)C(=O)O. The van der Waals surface area contributed by atoms with Gasteiger partial charge < -0.3 is 15.5 Å². The van der Waals surface area contributed by atoms with Crippen molar-refractivity contribution in [3.05, 3.63) is 34.9 Å². The average Bonchev–Trinajstić information content (AvgIpc) is 2.51. The number of hydrogen-bond donors (Lipinski definition) is 3. The molecule has 0 heterocycles. The number of benzene rings is 1. The molecule has 0 radical (unpaired) electrons. The predicted octanol–water partition coefficient (Wildman–Crippen LogP) is 3.16. The van der Waals surface area contributed by atoms with Gasteiger partial charge in [-0.3, -0.25) is 9.59 Å². The van der Waals surface area contributed by atoms with Gasteiger partial charge in [-0.05, 0) is 31.0 Å². The summed E-state index contributed by atoms with van der Waals surface area (Å²) < 4.78 is 76.7. The van der Waals surface area contributed by atoms with Crippen LogP contribution in [-0.4, -0.2) is 34.1 Å². The highest BCUT2D eigenvalue weighted by molar-refractivity contribution is 5.97. The molecule has 1 amide bonds. The van der Waals surface area contributed by atoms with Crippen LogP contribution in [0.1, 0.15) is 40.7 Å². The van der Waals surface area contributed by atoms with Gasteiger partial charge in [-0.15, -0.1) is 0 Å². The number of alkyl halides is 6. The molecule has 1 atom stereocenters. The van der Waals surface area contributed by atoms with Gasteiger partial charge in [0.25, 0.3) is 5.91 Å². The van der Waals surface area contributed by atoms with Crippen molar-refractivity contribution in [3.63, 3.8) is 0 Å². The molecule has 0 bridgehead atoms. The normalized spacial score (nSPS) is 13.1. The molecule has 0 fully saturated rings. The van der Waals surface area contributed by atoms with Crippen LogP contribution in [0.4, 0.5) is 26.3 Å². The van der Waals surface area contributed by atoms with Crippen LogP contribution < -0.4 is 5.32 Å². The molecular weight excluding hydrogens is 388 g/mol. The Morgan fingerprint density at radius 3 is 1.78 bits per heavy atom. The van der Waals surface area contributed by atoms with E-state index in [4.69, 9.17) is 10.2 Å². The summed E-state index contributed by atoms with van der Waals surface area (Å²) in [5, 5.41) is 19.3. The Labute approximate surface area is 147 Å². The van der Waals surface area contributed by atoms with Crippen LogP contribution in [0.3, 0.4) is 0 Å². The van der Waals surface area contributed by atoms with E-state index < -0.39 is 59.4 Å². The molecule has 27 heavy (non-hydrogen) atoms. The van der Waals surface area contributed by atoms with E-state index in [1.807, 2.05) is 0 Å². The van der Waals surface area contributed by atoms with Crippen molar-refractivity contribution < 1.29 is 50.9 Å². The van der Waals surface area contributed by atoms with E-state index in [-0.39, 0.29) is 31.0 Å². The third-order valence-corrected chi connectivity index (χ3v) is 3.34. The van der Waals surface area contributed by atoms with Crippen molar-refractivity contribution in [2.24, 2.45) is 0 Å². The molecule has 1 rings (SSSR count). The smallest absolute Gasteiger partial charge is 0.416 e. The molecule has 0 aliphatic rings. The number of carbonyl (C=O) groups is 3. The first-order chi connectivity index (χ1) is 12.2. The molecule has 0 spiro atoms. The molecule has 0 aliphatic heterocycles. The zero-order chi connectivity index (χ0) is 21.0. The second kappa shape index (κ2) is 8.27. The Balaban J connectivity index is 3.13. The summed E-state index contributed by atoms with van der Waals surface area (Å²) in [5.74, 6) is -4.32. The molecule has 1 aromatic carbocycles. The van der Waals surface area contributed by atoms with Crippen LogP contribution in [0, 0.1) is 0 Å². The first-order valence-electron chi connectivity index (χ1n) is 7.26. The zero-order valence-corrected chi connectivity index (χ0v) is 13.3. The number of amides is 1. The number of nitrogens with one attached hydrogen (secondary N) is 1. The Morgan fingerprint density at radius 2 is 1.41 bits per heavy atom. The fraction of sp³-hybridized carbons (Fsp3) is 0.400. The van der Waals surface area contributed by atoms with E-state index in [0.717, 1.165) is 0 Å². The van der Waals surface area contributed by atoms with Gasteiger partial charge in [0.1, 0.15) is 6.04 Å². The molecule has 6 nitrogen and oxygen atoms in total. The molecule has 0 saturated heterocycles. The highest BCUT2D eigenvalue weighted by Crippen LogP contribution is 2.36. The summed E-state index contributed by atoms with van der Waals surface area (Å²) in [6.07, 6.45) is -11.3. The lowest BCUT2D eigenvalue weighted by atomic mass is 10.0. The third kappa shape index (κ3) is 6.79. The number of hydrogen-bond acceptors (Lipinski definition) is 3. The Hall–Kier alpha value is -2.79. The maximum absolute atomic E-state index is 12.8. The standard InChI is InChI=1S/C15H13F6NO5/c16-14(17,18)8-4-7(5-9(6-8)15(19,20)21)12(25)22-10(13(26)27)2-1-3-11(23)24/h4-6,10H,1-3H2,(H,22,25)(H,23,24)(H,26,27). The van der Waals surface area contributed by atoms with Crippen LogP contribution >= 0.6 is 0 Å². The van der Waals surface area contributed by atoms with Crippen molar-refractivity contribution in [2.45, 2.75) is 37.7 Å². The molecule has 0 aromatic heterocycles. The average molecular weight is 401 g/mol. The lowest BCUT2D eigenvalue weighted by molar-refractivity contribution is -0.143. The van der Waals surface area contributed by atoms with Gasteiger partial charge in [-0.1, -0.05) is 0 Å². The van der Waals surface area contributed by atoms with E-state index in [1.54, 1.807) is 5.32 Å². The second-order valence-electron chi connectivity index (χ2n) is 5.44. The maximum atomic E-state index is 12.8. The minimum absolute atomic E-state index is 0.167. The largest absolute Gasteiger partial charge is 0.481 e. The summed E-state index contributed by atoms with van der Waals surface area (Å²) in [4.78, 5) is 33.5. The minimum atomic E-state index is -5.16. The van der Waals surface area contributed by atoms with E-state index in [2.05, 4.69) is 0 Å². The monoisotopic (exact) mass is 401 g/mol. The Kier molecular flexibility index (Phi) is 6.81. The molecule has 12 heteroatoms. The van der Waals surface area contributed by atoms with Crippen LogP contribution in [0.2, 0.25) is 0 Å². The second-order valence-corrected chi connectivity index (χ2v) is 5.44. The van der Waals surface area contributed by atoms with Gasteiger partial charge in [-0.2, -0.15) is 26.3 Å². The van der Waals surface area contributed by atoms with Gasteiger partial charge in [0.2, 0.25) is 0 Å². The number of halogens is 6. The minimum Gasteiger partial charge on any atom is -0.481 e. The quantitative estimate of drug-likeness (QED) is 0.609. The van der Waals surface area contributed by atoms with Gasteiger partial charge in [-0.25, -0.2) is 4.79 Å². The number of carboxylic acids is 2. The van der Waals surface area contributed by atoms with E-state index in [1.165, 1.54) is 0 Å². The van der Waals surface area contributed by atoms with Crippen molar-refractivity contribution in [3.8, 4) is 0 Å². The first kappa shape index (κ1) is 22.3. The predicted molar refractivity (Wildman–Crippen MR) is 76.8 cm³/mol. The number of carbonyl (C=O) groups excluding carboxylic acids is 1. The third-order valence-electron chi connectivity index (χ3n) is 3.34. The molecule has 3 N–H and O–H groups in total. The molecule has 1 unspecified atom stereocenters. The van der Waals surface area contributed by atoms with Crippen LogP contribution in [0.25, 0.3) is 0 Å². The fourth-order valence-electron chi connectivity index (χ4n) is 2.04. The molecular formula is C15H13F6NO5. The van der Waals surface area contributed by atoms with Crippen LogP contribution in [0.15, 0.2) is 18.2 Å². The van der Waals surface area contributed by atoms with E-state index in [9.17, 15) is 40.7 Å². The van der Waals surface area contributed by atoms with Crippen molar-refractivity contribution >= 4 is 17.8 Å². The number of aliphatic carboxylic acids is 2. The Bertz CT molecular complexity index is 696. The summed E-state index contributed by atoms with van der Waals surface area (Å²) in [7, 11) is 0. The first-order valence-corrected chi connectivity index (χ1v) is 7.26. The van der Waals surface area contributed by atoms with Crippen LogP contribution in [-0.2, 0) is 21.9 Å². The lowest BCUT2D eigenvalue weighted by Crippen LogP contribution is -2.41. The maximum Gasteiger partial charge on any atom is 0.416 e. The van der Waals surface area contributed by atoms with Gasteiger partial charge in [0.05, 0.1) is 11.1 Å². The Morgan fingerprint density at radius 1 is 0.926 bits per heavy atom. The molecule has 1 aromatic rings. The van der Waals surface area contributed by atoms with Gasteiger partial charge >= 0.3 is 24.3 Å². The van der Waals surface area contributed by atoms with E-state index in [0.29, 0.717) is 0 Å². The molecule has 150 valence electrons. The van der Waals surface area contributed by atoms with E-state index >= 15 is 0 Å². The highest BCUT2D eigenvalue weighted by atomic mass is 19.4. The fourth-order valence-corrected chi connectivity index (χ4v) is 2.04. The summed E-state index contributed by atoms with van der Waals surface area (Å²) in [6, 6.07) is -1.51. The summed E-state index contributed by atoms with van der Waals surface area (Å²) in [6.45, 7) is 0. The number of carboxylic acid groups (broad SMARTS) is 2. The van der Waals surface area contributed by atoms with Crippen LogP contribution in [0.5, 0.6) is 0 Å². The van der Waals surface area contributed by atoms with Crippen molar-refractivity contribution in [1.82, 2.24) is 5.32 Å². The summed E-state index contributed by atoms with van der Waals surface area (Å²) >= 11 is 0. The van der Waals surface area contributed by atoms with Crippen molar-refractivity contribution in [2.75, 3.05) is 0 Å². The number of rotatable bonds is 7. The van der Waals surface area contributed by atoms with Gasteiger partial charge in [0.15, 0.2) is 0 Å². The molecule has 0 saturated carbocycles. The highest BCUT2D eigenvalue weighted by Gasteiger charge is 2.37. The zero-order valence-electron chi connectivity index (χ0n) is 13.3. The lowest BCUT2D eigenvalue weighted by Gasteiger charge is -2.17.